The van der Waals surface area contributed by atoms with E-state index < -0.39 is 0 Å². The van der Waals surface area contributed by atoms with Crippen molar-refractivity contribution in [3.63, 3.8) is 0 Å². The molecule has 1 amide bonds. The van der Waals surface area contributed by atoms with Crippen LogP contribution in [0.2, 0.25) is 0 Å². The lowest BCUT2D eigenvalue weighted by molar-refractivity contribution is 0.0634. The SMILES string of the molecule is CC(OCCCNC(=O)c1cn(C2CCNCC2)nn1)c1ccccc1. The summed E-state index contributed by atoms with van der Waals surface area (Å²) in [6.07, 6.45) is 4.59. The van der Waals surface area contributed by atoms with Crippen LogP contribution in [0, 0.1) is 0 Å². The Labute approximate surface area is 154 Å². The fourth-order valence-corrected chi connectivity index (χ4v) is 3.08. The lowest BCUT2D eigenvalue weighted by Crippen LogP contribution is -2.29. The predicted molar refractivity (Wildman–Crippen MR) is 98.9 cm³/mol. The van der Waals surface area contributed by atoms with Crippen LogP contribution in [0.1, 0.15) is 54.4 Å². The third-order valence-electron chi connectivity index (χ3n) is 4.67. The van der Waals surface area contributed by atoms with Gasteiger partial charge in [-0.05, 0) is 44.8 Å². The van der Waals surface area contributed by atoms with E-state index in [-0.39, 0.29) is 12.0 Å². The molecule has 2 N–H and O–H groups in total. The Morgan fingerprint density at radius 1 is 1.35 bits per heavy atom. The van der Waals surface area contributed by atoms with Gasteiger partial charge in [-0.15, -0.1) is 5.10 Å². The first-order valence-corrected chi connectivity index (χ1v) is 9.31. The minimum Gasteiger partial charge on any atom is -0.374 e. The monoisotopic (exact) mass is 357 g/mol. The van der Waals surface area contributed by atoms with Crippen LogP contribution < -0.4 is 10.6 Å². The Kier molecular flexibility index (Phi) is 6.74. The van der Waals surface area contributed by atoms with E-state index in [1.54, 1.807) is 6.20 Å². The Morgan fingerprint density at radius 2 is 2.12 bits per heavy atom. The standard InChI is InChI=1S/C19H27N5O2/c1-15(16-6-3-2-4-7-16)26-13-5-10-21-19(25)18-14-24(23-22-18)17-8-11-20-12-9-17/h2-4,6-7,14-15,17,20H,5,8-13H2,1H3,(H,21,25). The van der Waals surface area contributed by atoms with E-state index in [0.29, 0.717) is 24.9 Å². The molecule has 140 valence electrons. The third-order valence-corrected chi connectivity index (χ3v) is 4.67. The van der Waals surface area contributed by atoms with Gasteiger partial charge in [0.25, 0.3) is 5.91 Å². The van der Waals surface area contributed by atoms with Gasteiger partial charge in [-0.25, -0.2) is 4.68 Å². The minimum atomic E-state index is -0.179. The van der Waals surface area contributed by atoms with Crippen molar-refractivity contribution in [2.75, 3.05) is 26.2 Å². The Hall–Kier alpha value is -2.25. The highest BCUT2D eigenvalue weighted by molar-refractivity contribution is 5.91. The summed E-state index contributed by atoms with van der Waals surface area (Å²) in [7, 11) is 0. The first kappa shape index (κ1) is 18.5. The Balaban J connectivity index is 1.36. The second kappa shape index (κ2) is 9.45. The van der Waals surface area contributed by atoms with Crippen LogP contribution in [0.5, 0.6) is 0 Å². The number of carbonyl (C=O) groups is 1. The normalized spacial score (nSPS) is 16.3. The van der Waals surface area contributed by atoms with E-state index in [4.69, 9.17) is 4.74 Å². The summed E-state index contributed by atoms with van der Waals surface area (Å²) in [5, 5.41) is 14.3. The number of nitrogens with one attached hydrogen (secondary N) is 2. The zero-order valence-corrected chi connectivity index (χ0v) is 15.2. The van der Waals surface area contributed by atoms with Gasteiger partial charge in [0.1, 0.15) is 0 Å². The predicted octanol–water partition coefficient (Wildman–Crippen LogP) is 2.10. The summed E-state index contributed by atoms with van der Waals surface area (Å²) in [5.41, 5.74) is 1.54. The van der Waals surface area contributed by atoms with Gasteiger partial charge in [-0.1, -0.05) is 35.5 Å². The van der Waals surface area contributed by atoms with Crippen molar-refractivity contribution in [1.82, 2.24) is 25.6 Å². The number of nitrogens with zero attached hydrogens (tertiary/aromatic N) is 3. The Morgan fingerprint density at radius 3 is 2.88 bits per heavy atom. The van der Waals surface area contributed by atoms with Crippen LogP contribution in [-0.4, -0.2) is 47.1 Å². The smallest absolute Gasteiger partial charge is 0.273 e. The molecule has 0 spiro atoms. The summed E-state index contributed by atoms with van der Waals surface area (Å²) >= 11 is 0. The number of hydrogen-bond acceptors (Lipinski definition) is 5. The van der Waals surface area contributed by atoms with E-state index in [1.165, 1.54) is 0 Å². The fraction of sp³-hybridized carbons (Fsp3) is 0.526. The molecule has 1 fully saturated rings. The lowest BCUT2D eigenvalue weighted by atomic mass is 10.1. The van der Waals surface area contributed by atoms with E-state index in [9.17, 15) is 4.79 Å². The molecule has 1 aromatic carbocycles. The third kappa shape index (κ3) is 5.12. The highest BCUT2D eigenvalue weighted by atomic mass is 16.5. The van der Waals surface area contributed by atoms with E-state index >= 15 is 0 Å². The molecular formula is C19H27N5O2. The van der Waals surface area contributed by atoms with Crippen molar-refractivity contribution in [1.29, 1.82) is 0 Å². The number of piperidine rings is 1. The first-order valence-electron chi connectivity index (χ1n) is 9.31. The maximum atomic E-state index is 12.2. The Bertz CT molecular complexity index is 682. The molecule has 0 bridgehead atoms. The number of carbonyl (C=O) groups excluding carboxylic acids is 1. The minimum absolute atomic E-state index is 0.0526. The van der Waals surface area contributed by atoms with Crippen molar-refractivity contribution in [2.24, 2.45) is 0 Å². The van der Waals surface area contributed by atoms with Crippen molar-refractivity contribution in [3.05, 3.63) is 47.8 Å². The topological polar surface area (TPSA) is 81.1 Å². The van der Waals surface area contributed by atoms with Gasteiger partial charge in [0.2, 0.25) is 0 Å². The molecule has 2 aromatic rings. The largest absolute Gasteiger partial charge is 0.374 e. The quantitative estimate of drug-likeness (QED) is 0.707. The number of aromatic nitrogens is 3. The highest BCUT2D eigenvalue weighted by Gasteiger charge is 2.18. The molecule has 1 unspecified atom stereocenters. The lowest BCUT2D eigenvalue weighted by Gasteiger charge is -2.22. The number of ether oxygens (including phenoxy) is 1. The maximum absolute atomic E-state index is 12.2. The number of amides is 1. The van der Waals surface area contributed by atoms with E-state index in [2.05, 4.69) is 33.1 Å². The zero-order chi connectivity index (χ0) is 18.2. The molecule has 7 heteroatoms. The molecule has 2 heterocycles. The summed E-state index contributed by atoms with van der Waals surface area (Å²) in [4.78, 5) is 12.2. The van der Waals surface area contributed by atoms with Gasteiger partial charge in [0.05, 0.1) is 18.3 Å². The summed E-state index contributed by atoms with van der Waals surface area (Å²) in [5.74, 6) is -0.179. The summed E-state index contributed by atoms with van der Waals surface area (Å²) < 4.78 is 7.63. The van der Waals surface area contributed by atoms with Crippen molar-refractivity contribution in [2.45, 2.75) is 38.3 Å². The number of benzene rings is 1. The average molecular weight is 357 g/mol. The van der Waals surface area contributed by atoms with Crippen LogP contribution in [0.15, 0.2) is 36.5 Å². The van der Waals surface area contributed by atoms with Gasteiger partial charge in [-0.3, -0.25) is 4.79 Å². The zero-order valence-electron chi connectivity index (χ0n) is 15.2. The molecule has 1 aliphatic heterocycles. The molecule has 3 rings (SSSR count). The maximum Gasteiger partial charge on any atom is 0.273 e. The van der Waals surface area contributed by atoms with Gasteiger partial charge < -0.3 is 15.4 Å². The van der Waals surface area contributed by atoms with Crippen LogP contribution in [0.25, 0.3) is 0 Å². The molecule has 0 aliphatic carbocycles. The molecule has 0 saturated carbocycles. The molecule has 0 radical (unpaired) electrons. The van der Waals surface area contributed by atoms with Crippen LogP contribution in [-0.2, 0) is 4.74 Å². The molecule has 1 saturated heterocycles. The van der Waals surface area contributed by atoms with Crippen LogP contribution in [0.3, 0.4) is 0 Å². The van der Waals surface area contributed by atoms with Gasteiger partial charge >= 0.3 is 0 Å². The van der Waals surface area contributed by atoms with Crippen LogP contribution >= 0.6 is 0 Å². The van der Waals surface area contributed by atoms with Crippen LogP contribution in [0.4, 0.5) is 0 Å². The van der Waals surface area contributed by atoms with Crippen molar-refractivity contribution < 1.29 is 9.53 Å². The van der Waals surface area contributed by atoms with E-state index in [1.807, 2.05) is 29.8 Å². The van der Waals surface area contributed by atoms with Gasteiger partial charge in [-0.2, -0.15) is 0 Å². The molecule has 1 atom stereocenters. The molecule has 7 nitrogen and oxygen atoms in total. The second-order valence-corrected chi connectivity index (χ2v) is 6.60. The average Bonchev–Trinajstić information content (AvgIpc) is 3.19. The van der Waals surface area contributed by atoms with Crippen molar-refractivity contribution >= 4 is 5.91 Å². The number of rotatable bonds is 8. The summed E-state index contributed by atoms with van der Waals surface area (Å²) in [6.45, 7) is 5.15. The summed E-state index contributed by atoms with van der Waals surface area (Å²) in [6, 6.07) is 10.4. The molecule has 26 heavy (non-hydrogen) atoms. The first-order chi connectivity index (χ1) is 12.7. The van der Waals surface area contributed by atoms with Crippen molar-refractivity contribution in [3.8, 4) is 0 Å². The molecule has 1 aromatic heterocycles. The fourth-order valence-electron chi connectivity index (χ4n) is 3.08. The van der Waals surface area contributed by atoms with E-state index in [0.717, 1.165) is 37.9 Å². The molecule has 1 aliphatic rings. The van der Waals surface area contributed by atoms with Gasteiger partial charge in [0, 0.05) is 13.2 Å². The highest BCUT2D eigenvalue weighted by Crippen LogP contribution is 2.17. The van der Waals surface area contributed by atoms with Gasteiger partial charge in [0.15, 0.2) is 5.69 Å². The number of hydrogen-bond donors (Lipinski definition) is 2. The molecular weight excluding hydrogens is 330 g/mol. The second-order valence-electron chi connectivity index (χ2n) is 6.60.